The number of carboxylic acid groups (broad SMARTS) is 1. The summed E-state index contributed by atoms with van der Waals surface area (Å²) in [5, 5.41) is 19.0. The molecule has 0 unspecified atom stereocenters. The number of non-ortho nitro benzene ring substituents is 1. The van der Waals surface area contributed by atoms with E-state index in [-0.39, 0.29) is 5.69 Å². The fourth-order valence-corrected chi connectivity index (χ4v) is 2.46. The van der Waals surface area contributed by atoms with Crippen molar-refractivity contribution in [2.24, 2.45) is 0 Å². The van der Waals surface area contributed by atoms with Crippen LogP contribution < -0.4 is 0 Å². The molecule has 0 aliphatic heterocycles. The molecular formula is C10H12N2O6S. The molecule has 0 amide bonds. The lowest BCUT2D eigenvalue weighted by Gasteiger charge is -2.14. The Kier molecular flexibility index (Phi) is 4.57. The molecule has 0 heterocycles. The summed E-state index contributed by atoms with van der Waals surface area (Å²) in [6, 6.07) is 5.04. The van der Waals surface area contributed by atoms with Gasteiger partial charge >= 0.3 is 5.97 Å². The van der Waals surface area contributed by atoms with Gasteiger partial charge in [0.05, 0.1) is 10.7 Å². The lowest BCUT2D eigenvalue weighted by molar-refractivity contribution is -0.384. The summed E-state index contributed by atoms with van der Waals surface area (Å²) in [6.45, 7) is -0.630. The van der Waals surface area contributed by atoms with E-state index < -0.39 is 33.2 Å². The second-order valence-corrected chi connectivity index (χ2v) is 5.91. The number of nitro benzene ring substituents is 1. The average molecular weight is 288 g/mol. The third-order valence-corrected chi connectivity index (χ3v) is 4.11. The number of hydrogen-bond acceptors (Lipinski definition) is 5. The summed E-state index contributed by atoms with van der Waals surface area (Å²) >= 11 is 0. The van der Waals surface area contributed by atoms with Crippen LogP contribution in [0.3, 0.4) is 0 Å². The van der Waals surface area contributed by atoms with E-state index in [4.69, 9.17) is 5.11 Å². The second-order valence-electron chi connectivity index (χ2n) is 3.83. The largest absolute Gasteiger partial charge is 0.480 e. The number of benzene rings is 1. The third-order valence-electron chi connectivity index (χ3n) is 2.33. The summed E-state index contributed by atoms with van der Waals surface area (Å²) in [7, 11) is -2.60. The highest BCUT2D eigenvalue weighted by Gasteiger charge is 2.21. The molecule has 0 aromatic heterocycles. The van der Waals surface area contributed by atoms with Gasteiger partial charge in [-0.05, 0) is 5.56 Å². The van der Waals surface area contributed by atoms with Gasteiger partial charge < -0.3 is 5.11 Å². The van der Waals surface area contributed by atoms with Crippen LogP contribution >= 0.6 is 0 Å². The molecule has 104 valence electrons. The molecule has 0 fully saturated rings. The molecule has 1 aromatic rings. The van der Waals surface area contributed by atoms with E-state index >= 15 is 0 Å². The lowest BCUT2D eigenvalue weighted by Crippen LogP contribution is -2.32. The molecule has 8 nitrogen and oxygen atoms in total. The summed E-state index contributed by atoms with van der Waals surface area (Å²) in [6.07, 6.45) is 0. The van der Waals surface area contributed by atoms with Gasteiger partial charge in [-0.3, -0.25) is 14.9 Å². The van der Waals surface area contributed by atoms with E-state index in [9.17, 15) is 23.3 Å². The van der Waals surface area contributed by atoms with Crippen molar-refractivity contribution in [1.29, 1.82) is 0 Å². The Morgan fingerprint density at radius 2 is 1.89 bits per heavy atom. The van der Waals surface area contributed by atoms with Crippen molar-refractivity contribution < 1.29 is 23.2 Å². The monoisotopic (exact) mass is 288 g/mol. The zero-order valence-corrected chi connectivity index (χ0v) is 10.8. The number of carboxylic acids is 1. The number of aliphatic carboxylic acids is 1. The maximum absolute atomic E-state index is 11.8. The Balaban J connectivity index is 2.83. The predicted octanol–water partition coefficient (Wildman–Crippen LogP) is 0.441. The topological polar surface area (TPSA) is 118 Å². The van der Waals surface area contributed by atoms with Crippen molar-refractivity contribution in [3.05, 3.63) is 39.9 Å². The third kappa shape index (κ3) is 4.30. The molecule has 0 aliphatic carbocycles. The number of rotatable bonds is 6. The first kappa shape index (κ1) is 15.1. The van der Waals surface area contributed by atoms with Crippen molar-refractivity contribution in [3.63, 3.8) is 0 Å². The summed E-state index contributed by atoms with van der Waals surface area (Å²) in [4.78, 5) is 20.3. The van der Waals surface area contributed by atoms with Crippen LogP contribution in [0.25, 0.3) is 0 Å². The maximum atomic E-state index is 11.8. The van der Waals surface area contributed by atoms with Crippen molar-refractivity contribution in [3.8, 4) is 0 Å². The number of sulfonamides is 1. The van der Waals surface area contributed by atoms with Gasteiger partial charge in [-0.25, -0.2) is 8.42 Å². The minimum atomic E-state index is -3.76. The van der Waals surface area contributed by atoms with Gasteiger partial charge in [0.1, 0.15) is 6.54 Å². The Hall–Kier alpha value is -2.00. The Morgan fingerprint density at radius 3 is 2.32 bits per heavy atom. The van der Waals surface area contributed by atoms with Crippen LogP contribution in [0.2, 0.25) is 0 Å². The van der Waals surface area contributed by atoms with Crippen LogP contribution in [0.5, 0.6) is 0 Å². The van der Waals surface area contributed by atoms with E-state index in [0.717, 1.165) is 11.4 Å². The number of carbonyl (C=O) groups is 1. The molecule has 1 aromatic carbocycles. The first-order valence-corrected chi connectivity index (χ1v) is 6.72. The van der Waals surface area contributed by atoms with Crippen LogP contribution in [0, 0.1) is 10.1 Å². The van der Waals surface area contributed by atoms with Crippen molar-refractivity contribution >= 4 is 21.7 Å². The molecule has 0 radical (unpaired) electrons. The van der Waals surface area contributed by atoms with E-state index in [1.807, 2.05) is 0 Å². The molecule has 19 heavy (non-hydrogen) atoms. The molecule has 9 heteroatoms. The van der Waals surface area contributed by atoms with Crippen LogP contribution in [-0.4, -0.2) is 42.3 Å². The standard InChI is InChI=1S/C10H12N2O6S/c1-11(6-10(13)14)19(17,18)7-8-2-4-9(5-3-8)12(15)16/h2-5H,6-7H2,1H3,(H,13,14). The average Bonchev–Trinajstić information content (AvgIpc) is 2.28. The van der Waals surface area contributed by atoms with E-state index in [1.165, 1.54) is 24.3 Å². The highest BCUT2D eigenvalue weighted by Crippen LogP contribution is 2.15. The summed E-state index contributed by atoms with van der Waals surface area (Å²) in [5.74, 6) is -1.66. The summed E-state index contributed by atoms with van der Waals surface area (Å²) in [5.41, 5.74) is 0.211. The fourth-order valence-electron chi connectivity index (χ4n) is 1.32. The van der Waals surface area contributed by atoms with Gasteiger partial charge in [0.25, 0.3) is 5.69 Å². The van der Waals surface area contributed by atoms with Gasteiger partial charge in [-0.1, -0.05) is 12.1 Å². The van der Waals surface area contributed by atoms with Crippen LogP contribution in [0.4, 0.5) is 5.69 Å². The lowest BCUT2D eigenvalue weighted by atomic mass is 10.2. The molecular weight excluding hydrogens is 276 g/mol. The highest BCUT2D eigenvalue weighted by molar-refractivity contribution is 7.88. The SMILES string of the molecule is CN(CC(=O)O)S(=O)(=O)Cc1ccc([N+](=O)[O-])cc1. The van der Waals surface area contributed by atoms with Crippen LogP contribution in [-0.2, 0) is 20.6 Å². The normalized spacial score (nSPS) is 11.5. The quantitative estimate of drug-likeness (QED) is 0.599. The van der Waals surface area contributed by atoms with Crippen LogP contribution in [0.15, 0.2) is 24.3 Å². The van der Waals surface area contributed by atoms with Gasteiger partial charge in [0.15, 0.2) is 0 Å². The van der Waals surface area contributed by atoms with E-state index in [0.29, 0.717) is 5.56 Å². The van der Waals surface area contributed by atoms with E-state index in [1.54, 1.807) is 0 Å². The molecule has 0 spiro atoms. The Labute approximate surface area is 109 Å². The van der Waals surface area contributed by atoms with Gasteiger partial charge in [-0.2, -0.15) is 4.31 Å². The molecule has 0 aliphatic rings. The zero-order valence-electron chi connectivity index (χ0n) is 10.0. The predicted molar refractivity (Wildman–Crippen MR) is 66.0 cm³/mol. The maximum Gasteiger partial charge on any atom is 0.318 e. The number of hydrogen-bond donors (Lipinski definition) is 1. The Morgan fingerprint density at radius 1 is 1.37 bits per heavy atom. The van der Waals surface area contributed by atoms with Crippen LogP contribution in [0.1, 0.15) is 5.56 Å². The number of nitrogens with zero attached hydrogens (tertiary/aromatic N) is 2. The van der Waals surface area contributed by atoms with Gasteiger partial charge in [0, 0.05) is 19.2 Å². The minimum absolute atomic E-state index is 0.139. The molecule has 0 atom stereocenters. The van der Waals surface area contributed by atoms with Gasteiger partial charge in [0.2, 0.25) is 10.0 Å². The first-order valence-electron chi connectivity index (χ1n) is 5.11. The van der Waals surface area contributed by atoms with E-state index in [2.05, 4.69) is 0 Å². The zero-order chi connectivity index (χ0) is 14.6. The smallest absolute Gasteiger partial charge is 0.318 e. The molecule has 0 bridgehead atoms. The second kappa shape index (κ2) is 5.76. The molecule has 0 saturated carbocycles. The number of likely N-dealkylation sites (N-methyl/N-ethyl adjacent to an activating group) is 1. The minimum Gasteiger partial charge on any atom is -0.480 e. The Bertz CT molecular complexity index is 581. The molecule has 1 N–H and O–H groups in total. The molecule has 0 saturated heterocycles. The van der Waals surface area contributed by atoms with Crippen molar-refractivity contribution in [1.82, 2.24) is 4.31 Å². The van der Waals surface area contributed by atoms with Crippen molar-refractivity contribution in [2.45, 2.75) is 5.75 Å². The fraction of sp³-hybridized carbons (Fsp3) is 0.300. The molecule has 1 rings (SSSR count). The highest BCUT2D eigenvalue weighted by atomic mass is 32.2. The summed E-state index contributed by atoms with van der Waals surface area (Å²) < 4.78 is 24.3. The van der Waals surface area contributed by atoms with Crippen molar-refractivity contribution in [2.75, 3.05) is 13.6 Å². The number of nitro groups is 1. The van der Waals surface area contributed by atoms with Gasteiger partial charge in [-0.15, -0.1) is 0 Å². The first-order chi connectivity index (χ1) is 8.72.